The Hall–Kier alpha value is -1.31. The summed E-state index contributed by atoms with van der Waals surface area (Å²) in [5.74, 6) is 0.709. The number of nitrogens with one attached hydrogen (secondary N) is 1. The van der Waals surface area contributed by atoms with E-state index in [2.05, 4.69) is 42.2 Å². The van der Waals surface area contributed by atoms with Gasteiger partial charge in [0.05, 0.1) is 11.7 Å². The Labute approximate surface area is 78.0 Å². The molecule has 0 fully saturated rings. The molecule has 0 saturated heterocycles. The van der Waals surface area contributed by atoms with Gasteiger partial charge in [0.2, 0.25) is 0 Å². The molecule has 1 aromatic heterocycles. The van der Waals surface area contributed by atoms with E-state index in [4.69, 9.17) is 0 Å². The third-order valence-electron chi connectivity index (χ3n) is 2.15. The average molecular weight is 174 g/mol. The van der Waals surface area contributed by atoms with Crippen LogP contribution in [0.2, 0.25) is 0 Å². The molecule has 2 aromatic rings. The van der Waals surface area contributed by atoms with Gasteiger partial charge in [-0.05, 0) is 24.0 Å². The Bertz CT molecular complexity index is 401. The summed E-state index contributed by atoms with van der Waals surface area (Å²) in [7, 11) is 0. The number of hydrogen-bond donors (Lipinski definition) is 1. The van der Waals surface area contributed by atoms with Gasteiger partial charge in [-0.15, -0.1) is 0 Å². The fraction of sp³-hybridized carbons (Fsp3) is 0.364. The molecule has 0 aliphatic heterocycles. The monoisotopic (exact) mass is 174 g/mol. The minimum absolute atomic E-state index is 0.709. The highest BCUT2D eigenvalue weighted by Gasteiger charge is 2.00. The van der Waals surface area contributed by atoms with Crippen LogP contribution in [-0.4, -0.2) is 10.2 Å². The van der Waals surface area contributed by atoms with Gasteiger partial charge < -0.3 is 0 Å². The average Bonchev–Trinajstić information content (AvgIpc) is 2.49. The number of H-pyrrole nitrogens is 1. The number of aromatic amines is 1. The molecule has 2 rings (SSSR count). The molecular weight excluding hydrogens is 160 g/mol. The lowest BCUT2D eigenvalue weighted by Gasteiger charge is -2.03. The van der Waals surface area contributed by atoms with Gasteiger partial charge in [0.25, 0.3) is 0 Å². The maximum atomic E-state index is 4.00. The van der Waals surface area contributed by atoms with Crippen LogP contribution in [0.1, 0.15) is 19.4 Å². The molecule has 0 spiro atoms. The standard InChI is InChI=1S/C11H14N2/c1-8(2)5-9-3-4-10-7-12-13-11(10)6-9/h3-4,6-8H,5H2,1-2H3,(H,12,13). The van der Waals surface area contributed by atoms with Gasteiger partial charge in [-0.2, -0.15) is 5.10 Å². The van der Waals surface area contributed by atoms with Gasteiger partial charge in [-0.25, -0.2) is 0 Å². The summed E-state index contributed by atoms with van der Waals surface area (Å²) < 4.78 is 0. The second-order valence-electron chi connectivity index (χ2n) is 3.89. The highest BCUT2D eigenvalue weighted by Crippen LogP contribution is 2.15. The number of fused-ring (bicyclic) bond motifs is 1. The molecular formula is C11H14N2. The number of hydrogen-bond acceptors (Lipinski definition) is 1. The summed E-state index contributed by atoms with van der Waals surface area (Å²) in [5.41, 5.74) is 2.52. The van der Waals surface area contributed by atoms with Gasteiger partial charge in [0.1, 0.15) is 0 Å². The molecule has 0 amide bonds. The molecule has 0 bridgehead atoms. The molecule has 68 valence electrons. The second kappa shape index (κ2) is 3.21. The molecule has 0 aliphatic rings. The van der Waals surface area contributed by atoms with Gasteiger partial charge in [-0.3, -0.25) is 5.10 Å². The minimum atomic E-state index is 0.709. The molecule has 13 heavy (non-hydrogen) atoms. The molecule has 2 nitrogen and oxygen atoms in total. The van der Waals surface area contributed by atoms with E-state index in [9.17, 15) is 0 Å². The fourth-order valence-electron chi connectivity index (χ4n) is 1.58. The molecule has 0 unspecified atom stereocenters. The van der Waals surface area contributed by atoms with Crippen LogP contribution in [0.3, 0.4) is 0 Å². The molecule has 2 heteroatoms. The Morgan fingerprint density at radius 3 is 3.00 bits per heavy atom. The summed E-state index contributed by atoms with van der Waals surface area (Å²) in [6.45, 7) is 4.47. The van der Waals surface area contributed by atoms with Crippen LogP contribution in [0.15, 0.2) is 24.4 Å². The molecule has 0 saturated carbocycles. The largest absolute Gasteiger partial charge is 0.278 e. The predicted molar refractivity (Wildman–Crippen MR) is 54.6 cm³/mol. The third kappa shape index (κ3) is 1.72. The van der Waals surface area contributed by atoms with Crippen molar-refractivity contribution in [3.8, 4) is 0 Å². The van der Waals surface area contributed by atoms with Crippen LogP contribution < -0.4 is 0 Å². The van der Waals surface area contributed by atoms with E-state index < -0.39 is 0 Å². The van der Waals surface area contributed by atoms with Crippen molar-refractivity contribution >= 4 is 10.9 Å². The summed E-state index contributed by atoms with van der Waals surface area (Å²) in [5, 5.41) is 8.17. The van der Waals surface area contributed by atoms with Crippen LogP contribution in [0.5, 0.6) is 0 Å². The maximum absolute atomic E-state index is 4.00. The van der Waals surface area contributed by atoms with Crippen molar-refractivity contribution < 1.29 is 0 Å². The maximum Gasteiger partial charge on any atom is 0.0653 e. The summed E-state index contributed by atoms with van der Waals surface area (Å²) in [6.07, 6.45) is 2.99. The van der Waals surface area contributed by atoms with Gasteiger partial charge >= 0.3 is 0 Å². The van der Waals surface area contributed by atoms with Crippen molar-refractivity contribution in [2.45, 2.75) is 20.3 Å². The Morgan fingerprint density at radius 2 is 2.23 bits per heavy atom. The van der Waals surface area contributed by atoms with E-state index in [0.717, 1.165) is 11.9 Å². The molecule has 0 atom stereocenters. The van der Waals surface area contributed by atoms with E-state index in [1.54, 1.807) is 0 Å². The van der Waals surface area contributed by atoms with E-state index in [1.807, 2.05) is 6.20 Å². The van der Waals surface area contributed by atoms with Crippen LogP contribution in [0, 0.1) is 5.92 Å². The first-order chi connectivity index (χ1) is 6.25. The lowest BCUT2D eigenvalue weighted by atomic mass is 10.0. The number of nitrogens with zero attached hydrogens (tertiary/aromatic N) is 1. The van der Waals surface area contributed by atoms with E-state index in [0.29, 0.717) is 5.92 Å². The van der Waals surface area contributed by atoms with Gasteiger partial charge in [0, 0.05) is 5.39 Å². The van der Waals surface area contributed by atoms with Crippen LogP contribution in [0.4, 0.5) is 0 Å². The first-order valence-electron chi connectivity index (χ1n) is 4.68. The SMILES string of the molecule is CC(C)Cc1ccc2cn[nH]c2c1. The van der Waals surface area contributed by atoms with E-state index >= 15 is 0 Å². The first kappa shape index (κ1) is 8.30. The quantitative estimate of drug-likeness (QED) is 0.745. The van der Waals surface area contributed by atoms with Crippen molar-refractivity contribution in [3.63, 3.8) is 0 Å². The highest BCUT2D eigenvalue weighted by atomic mass is 15.1. The van der Waals surface area contributed by atoms with E-state index in [1.165, 1.54) is 10.9 Å². The molecule has 0 radical (unpaired) electrons. The lowest BCUT2D eigenvalue weighted by Crippen LogP contribution is -1.93. The zero-order chi connectivity index (χ0) is 9.26. The highest BCUT2D eigenvalue weighted by molar-refractivity contribution is 5.78. The Morgan fingerprint density at radius 1 is 1.38 bits per heavy atom. The van der Waals surface area contributed by atoms with Crippen LogP contribution in [0.25, 0.3) is 10.9 Å². The summed E-state index contributed by atoms with van der Waals surface area (Å²) >= 11 is 0. The van der Waals surface area contributed by atoms with Crippen molar-refractivity contribution in [1.29, 1.82) is 0 Å². The molecule has 1 N–H and O–H groups in total. The number of benzene rings is 1. The smallest absolute Gasteiger partial charge is 0.0653 e. The Kier molecular flexibility index (Phi) is 2.05. The lowest BCUT2D eigenvalue weighted by molar-refractivity contribution is 0.648. The fourth-order valence-corrected chi connectivity index (χ4v) is 1.58. The zero-order valence-corrected chi connectivity index (χ0v) is 8.04. The molecule has 1 heterocycles. The van der Waals surface area contributed by atoms with Gasteiger partial charge in [-0.1, -0.05) is 26.0 Å². The third-order valence-corrected chi connectivity index (χ3v) is 2.15. The van der Waals surface area contributed by atoms with Crippen molar-refractivity contribution in [1.82, 2.24) is 10.2 Å². The summed E-state index contributed by atoms with van der Waals surface area (Å²) in [6, 6.07) is 6.48. The Balaban J connectivity index is 2.37. The molecule has 0 aliphatic carbocycles. The first-order valence-corrected chi connectivity index (χ1v) is 4.68. The zero-order valence-electron chi connectivity index (χ0n) is 8.04. The number of aromatic nitrogens is 2. The second-order valence-corrected chi connectivity index (χ2v) is 3.89. The van der Waals surface area contributed by atoms with Crippen molar-refractivity contribution in [2.75, 3.05) is 0 Å². The van der Waals surface area contributed by atoms with Crippen molar-refractivity contribution in [3.05, 3.63) is 30.0 Å². The predicted octanol–water partition coefficient (Wildman–Crippen LogP) is 2.76. The topological polar surface area (TPSA) is 28.7 Å². The normalized spacial score (nSPS) is 11.3. The van der Waals surface area contributed by atoms with E-state index in [-0.39, 0.29) is 0 Å². The summed E-state index contributed by atoms with van der Waals surface area (Å²) in [4.78, 5) is 0. The van der Waals surface area contributed by atoms with Crippen LogP contribution >= 0.6 is 0 Å². The molecule has 1 aromatic carbocycles. The number of rotatable bonds is 2. The van der Waals surface area contributed by atoms with Crippen molar-refractivity contribution in [2.24, 2.45) is 5.92 Å². The van der Waals surface area contributed by atoms with Crippen LogP contribution in [-0.2, 0) is 6.42 Å². The van der Waals surface area contributed by atoms with Gasteiger partial charge in [0.15, 0.2) is 0 Å². The minimum Gasteiger partial charge on any atom is -0.278 e.